The third-order valence-corrected chi connectivity index (χ3v) is 6.19. The molecule has 0 atom stereocenters. The van der Waals surface area contributed by atoms with Crippen LogP contribution in [-0.4, -0.2) is 19.2 Å². The van der Waals surface area contributed by atoms with Gasteiger partial charge in [0, 0.05) is 22.4 Å². The molecule has 126 valence electrons. The molecule has 5 heteroatoms. The Morgan fingerprint density at radius 1 is 1.12 bits per heavy atom. The molecule has 1 aromatic heterocycles. The SMILES string of the molecule is O=C(NCC1(c2cccs2)CCCCC1)c1ccc2c(c1)OCO2. The van der Waals surface area contributed by atoms with Crippen molar-refractivity contribution in [2.75, 3.05) is 13.3 Å². The summed E-state index contributed by atoms with van der Waals surface area (Å²) in [7, 11) is 0. The third kappa shape index (κ3) is 2.88. The van der Waals surface area contributed by atoms with Crippen LogP contribution in [0, 0.1) is 0 Å². The summed E-state index contributed by atoms with van der Waals surface area (Å²) < 4.78 is 10.7. The van der Waals surface area contributed by atoms with Gasteiger partial charge in [-0.25, -0.2) is 0 Å². The van der Waals surface area contributed by atoms with Gasteiger partial charge in [0.1, 0.15) is 0 Å². The molecular weight excluding hydrogens is 322 g/mol. The van der Waals surface area contributed by atoms with Gasteiger partial charge in [-0.3, -0.25) is 4.79 Å². The van der Waals surface area contributed by atoms with Crippen LogP contribution in [0.1, 0.15) is 47.3 Å². The first-order chi connectivity index (χ1) is 11.8. The lowest BCUT2D eigenvalue weighted by atomic mass is 9.73. The van der Waals surface area contributed by atoms with E-state index in [-0.39, 0.29) is 18.1 Å². The number of fused-ring (bicyclic) bond motifs is 1. The average Bonchev–Trinajstić information content (AvgIpc) is 3.31. The first kappa shape index (κ1) is 15.5. The van der Waals surface area contributed by atoms with Gasteiger partial charge in [-0.05, 0) is 42.5 Å². The van der Waals surface area contributed by atoms with Crippen LogP contribution in [0.25, 0.3) is 0 Å². The van der Waals surface area contributed by atoms with E-state index in [1.165, 1.54) is 24.1 Å². The summed E-state index contributed by atoms with van der Waals surface area (Å²) in [5.41, 5.74) is 0.717. The van der Waals surface area contributed by atoms with Gasteiger partial charge in [-0.2, -0.15) is 0 Å². The highest BCUT2D eigenvalue weighted by Crippen LogP contribution is 2.41. The summed E-state index contributed by atoms with van der Waals surface area (Å²) in [5.74, 6) is 1.30. The second kappa shape index (κ2) is 6.48. The Labute approximate surface area is 145 Å². The van der Waals surface area contributed by atoms with Gasteiger partial charge in [0.05, 0.1) is 0 Å². The highest BCUT2D eigenvalue weighted by molar-refractivity contribution is 7.10. The zero-order valence-corrected chi connectivity index (χ0v) is 14.4. The number of carbonyl (C=O) groups excluding carboxylic acids is 1. The second-order valence-corrected chi connectivity index (χ2v) is 7.52. The average molecular weight is 343 g/mol. The molecule has 1 aromatic carbocycles. The standard InChI is InChI=1S/C19H21NO3S/c21-18(14-6-7-15-16(11-14)23-13-22-15)20-12-19(8-2-1-3-9-19)17-5-4-10-24-17/h4-7,10-11H,1-3,8-9,12-13H2,(H,20,21). The lowest BCUT2D eigenvalue weighted by Gasteiger charge is -2.36. The van der Waals surface area contributed by atoms with Crippen molar-refractivity contribution in [2.24, 2.45) is 0 Å². The van der Waals surface area contributed by atoms with Crippen molar-refractivity contribution in [3.05, 3.63) is 46.2 Å². The van der Waals surface area contributed by atoms with Crippen LogP contribution in [0.15, 0.2) is 35.7 Å². The summed E-state index contributed by atoms with van der Waals surface area (Å²) in [6, 6.07) is 9.67. The van der Waals surface area contributed by atoms with Crippen molar-refractivity contribution in [3.8, 4) is 11.5 Å². The number of hydrogen-bond donors (Lipinski definition) is 1. The first-order valence-electron chi connectivity index (χ1n) is 8.49. The molecule has 2 heterocycles. The van der Waals surface area contributed by atoms with Gasteiger partial charge >= 0.3 is 0 Å². The van der Waals surface area contributed by atoms with Crippen molar-refractivity contribution in [2.45, 2.75) is 37.5 Å². The molecule has 1 saturated carbocycles. The monoisotopic (exact) mass is 343 g/mol. The summed E-state index contributed by atoms with van der Waals surface area (Å²) >= 11 is 1.80. The molecule has 4 nitrogen and oxygen atoms in total. The van der Waals surface area contributed by atoms with Crippen molar-refractivity contribution in [3.63, 3.8) is 0 Å². The van der Waals surface area contributed by atoms with Crippen LogP contribution in [0.5, 0.6) is 11.5 Å². The molecule has 1 amide bonds. The minimum absolute atomic E-state index is 0.0465. The number of benzene rings is 1. The molecule has 2 aliphatic rings. The summed E-state index contributed by atoms with van der Waals surface area (Å²) in [6.45, 7) is 0.919. The van der Waals surface area contributed by atoms with E-state index in [1.807, 2.05) is 0 Å². The van der Waals surface area contributed by atoms with Gasteiger partial charge in [-0.1, -0.05) is 25.3 Å². The smallest absolute Gasteiger partial charge is 0.251 e. The highest BCUT2D eigenvalue weighted by atomic mass is 32.1. The number of thiophene rings is 1. The van der Waals surface area contributed by atoms with Crippen LogP contribution < -0.4 is 14.8 Å². The maximum absolute atomic E-state index is 12.6. The van der Waals surface area contributed by atoms with Crippen LogP contribution in [0.3, 0.4) is 0 Å². The van der Waals surface area contributed by atoms with E-state index in [9.17, 15) is 4.79 Å². The number of ether oxygens (including phenoxy) is 2. The minimum atomic E-state index is -0.0465. The maximum atomic E-state index is 12.6. The van der Waals surface area contributed by atoms with Gasteiger partial charge in [-0.15, -0.1) is 11.3 Å². The Kier molecular flexibility index (Phi) is 4.19. The predicted octanol–water partition coefficient (Wildman–Crippen LogP) is 4.11. The van der Waals surface area contributed by atoms with Crippen LogP contribution in [-0.2, 0) is 5.41 Å². The quantitative estimate of drug-likeness (QED) is 0.909. The Balaban J connectivity index is 1.49. The number of rotatable bonds is 4. The molecule has 4 rings (SSSR count). The fourth-order valence-electron chi connectivity index (χ4n) is 3.71. The van der Waals surface area contributed by atoms with E-state index >= 15 is 0 Å². The molecular formula is C19H21NO3S. The van der Waals surface area contributed by atoms with Gasteiger partial charge in [0.15, 0.2) is 11.5 Å². The Hall–Kier alpha value is -2.01. The maximum Gasteiger partial charge on any atom is 0.251 e. The minimum Gasteiger partial charge on any atom is -0.454 e. The molecule has 1 aliphatic carbocycles. The number of nitrogens with one attached hydrogen (secondary N) is 1. The first-order valence-corrected chi connectivity index (χ1v) is 9.37. The Bertz CT molecular complexity index is 720. The predicted molar refractivity (Wildman–Crippen MR) is 94.0 cm³/mol. The van der Waals surface area contributed by atoms with Gasteiger partial charge in [0.25, 0.3) is 5.91 Å². The largest absolute Gasteiger partial charge is 0.454 e. The molecule has 0 radical (unpaired) electrons. The summed E-state index contributed by atoms with van der Waals surface area (Å²) in [5, 5.41) is 5.29. The molecule has 0 spiro atoms. The van der Waals surface area contributed by atoms with Crippen molar-refractivity contribution >= 4 is 17.2 Å². The topological polar surface area (TPSA) is 47.6 Å². The van der Waals surface area contributed by atoms with E-state index in [4.69, 9.17) is 9.47 Å². The molecule has 1 N–H and O–H groups in total. The zero-order chi connectivity index (χ0) is 16.4. The molecule has 2 aromatic rings. The second-order valence-electron chi connectivity index (χ2n) is 6.57. The highest BCUT2D eigenvalue weighted by Gasteiger charge is 2.35. The molecule has 24 heavy (non-hydrogen) atoms. The lowest BCUT2D eigenvalue weighted by molar-refractivity contribution is 0.0936. The fraction of sp³-hybridized carbons (Fsp3) is 0.421. The number of hydrogen-bond acceptors (Lipinski definition) is 4. The third-order valence-electron chi connectivity index (χ3n) is 5.08. The molecule has 0 saturated heterocycles. The fourth-order valence-corrected chi connectivity index (χ4v) is 4.70. The zero-order valence-electron chi connectivity index (χ0n) is 13.5. The van der Waals surface area contributed by atoms with Gasteiger partial charge < -0.3 is 14.8 Å². The lowest BCUT2D eigenvalue weighted by Crippen LogP contribution is -2.41. The normalized spacial score (nSPS) is 18.3. The number of carbonyl (C=O) groups is 1. The molecule has 0 bridgehead atoms. The van der Waals surface area contributed by atoms with Crippen molar-refractivity contribution in [1.29, 1.82) is 0 Å². The van der Waals surface area contributed by atoms with Crippen LogP contribution in [0.4, 0.5) is 0 Å². The summed E-state index contributed by atoms with van der Waals surface area (Å²) in [4.78, 5) is 14.0. The van der Waals surface area contributed by atoms with Crippen LogP contribution >= 0.6 is 11.3 Å². The summed E-state index contributed by atoms with van der Waals surface area (Å²) in [6.07, 6.45) is 6.06. The van der Waals surface area contributed by atoms with E-state index in [0.29, 0.717) is 23.6 Å². The van der Waals surface area contributed by atoms with E-state index in [1.54, 1.807) is 29.5 Å². The van der Waals surface area contributed by atoms with E-state index < -0.39 is 0 Å². The van der Waals surface area contributed by atoms with Crippen molar-refractivity contribution in [1.82, 2.24) is 5.32 Å². The number of amides is 1. The molecule has 1 aliphatic heterocycles. The van der Waals surface area contributed by atoms with Gasteiger partial charge in [0.2, 0.25) is 6.79 Å². The molecule has 1 fully saturated rings. The Morgan fingerprint density at radius 2 is 1.96 bits per heavy atom. The van der Waals surface area contributed by atoms with E-state index in [0.717, 1.165) is 12.8 Å². The van der Waals surface area contributed by atoms with Crippen molar-refractivity contribution < 1.29 is 14.3 Å². The van der Waals surface area contributed by atoms with E-state index in [2.05, 4.69) is 22.8 Å². The Morgan fingerprint density at radius 3 is 2.75 bits per heavy atom. The molecule has 0 unspecified atom stereocenters. The van der Waals surface area contributed by atoms with Crippen LogP contribution in [0.2, 0.25) is 0 Å².